The van der Waals surface area contributed by atoms with Gasteiger partial charge in [0.15, 0.2) is 0 Å². The summed E-state index contributed by atoms with van der Waals surface area (Å²) in [5, 5.41) is 11.2. The fraction of sp³-hybridized carbons (Fsp3) is 0.143. The molecule has 0 fully saturated rings. The first-order valence-corrected chi connectivity index (χ1v) is 7.03. The summed E-state index contributed by atoms with van der Waals surface area (Å²) in [5.41, 5.74) is 1.51. The molecule has 100 valence electrons. The highest BCUT2D eigenvalue weighted by Gasteiger charge is 2.19. The van der Waals surface area contributed by atoms with E-state index in [4.69, 9.17) is 23.2 Å². The van der Waals surface area contributed by atoms with Crippen LogP contribution in [-0.4, -0.2) is 5.11 Å². The molecule has 0 aromatic heterocycles. The van der Waals surface area contributed by atoms with Gasteiger partial charge < -0.3 is 5.11 Å². The third-order valence-electron chi connectivity index (χ3n) is 2.87. The summed E-state index contributed by atoms with van der Waals surface area (Å²) in [6.07, 6.45) is -1.11. The van der Waals surface area contributed by atoms with Crippen molar-refractivity contribution in [2.75, 3.05) is 0 Å². The van der Waals surface area contributed by atoms with Crippen LogP contribution in [0.3, 0.4) is 0 Å². The molecule has 0 spiro atoms. The van der Waals surface area contributed by atoms with Crippen LogP contribution in [0.5, 0.6) is 0 Å². The molecule has 0 aliphatic heterocycles. The van der Waals surface area contributed by atoms with Crippen molar-refractivity contribution in [2.45, 2.75) is 13.0 Å². The predicted molar refractivity (Wildman–Crippen MR) is 79.4 cm³/mol. The van der Waals surface area contributed by atoms with Crippen LogP contribution in [0.4, 0.5) is 4.39 Å². The Morgan fingerprint density at radius 2 is 1.84 bits per heavy atom. The highest BCUT2D eigenvalue weighted by molar-refractivity contribution is 9.10. The number of rotatable bonds is 2. The van der Waals surface area contributed by atoms with Gasteiger partial charge in [-0.1, -0.05) is 29.3 Å². The second-order valence-corrected chi connectivity index (χ2v) is 5.89. The smallest absolute Gasteiger partial charge is 0.130 e. The van der Waals surface area contributed by atoms with Gasteiger partial charge in [-0.3, -0.25) is 0 Å². The molecule has 0 heterocycles. The van der Waals surface area contributed by atoms with E-state index in [2.05, 4.69) is 15.9 Å². The maximum Gasteiger partial charge on any atom is 0.130 e. The molecule has 2 rings (SSSR count). The Kier molecular flexibility index (Phi) is 4.51. The van der Waals surface area contributed by atoms with Crippen LogP contribution in [0, 0.1) is 12.7 Å². The first-order valence-electron chi connectivity index (χ1n) is 5.48. The lowest BCUT2D eigenvalue weighted by Gasteiger charge is -2.16. The molecule has 2 aromatic rings. The molecule has 1 unspecified atom stereocenters. The van der Waals surface area contributed by atoms with Crippen molar-refractivity contribution in [1.82, 2.24) is 0 Å². The van der Waals surface area contributed by atoms with E-state index in [1.54, 1.807) is 18.2 Å². The first-order chi connectivity index (χ1) is 8.90. The molecule has 0 amide bonds. The number of aliphatic hydroxyl groups is 1. The lowest BCUT2D eigenvalue weighted by Crippen LogP contribution is -2.05. The first kappa shape index (κ1) is 14.8. The fourth-order valence-electron chi connectivity index (χ4n) is 1.82. The molecule has 5 heteroatoms. The zero-order valence-corrected chi connectivity index (χ0v) is 13.0. The van der Waals surface area contributed by atoms with Crippen molar-refractivity contribution in [2.24, 2.45) is 0 Å². The standard InChI is InChI=1S/C14H10BrCl2FO/c1-7-2-3-8(16)4-9(7)14(19)10-5-12(17)11(15)6-13(10)18/h2-6,14,19H,1H3. The molecule has 0 aliphatic carbocycles. The maximum atomic E-state index is 13.9. The topological polar surface area (TPSA) is 20.2 Å². The van der Waals surface area contributed by atoms with E-state index in [-0.39, 0.29) is 5.56 Å². The minimum Gasteiger partial charge on any atom is -0.384 e. The van der Waals surface area contributed by atoms with Crippen LogP contribution in [0.1, 0.15) is 22.8 Å². The van der Waals surface area contributed by atoms with E-state index in [0.717, 1.165) is 5.56 Å². The second kappa shape index (κ2) is 5.80. The van der Waals surface area contributed by atoms with Gasteiger partial charge in [-0.05, 0) is 58.2 Å². The lowest BCUT2D eigenvalue weighted by atomic mass is 9.97. The summed E-state index contributed by atoms with van der Waals surface area (Å²) < 4.78 is 14.4. The average Bonchev–Trinajstić information content (AvgIpc) is 2.36. The highest BCUT2D eigenvalue weighted by Crippen LogP contribution is 2.33. The van der Waals surface area contributed by atoms with Crippen LogP contribution in [0.25, 0.3) is 0 Å². The number of aliphatic hydroxyl groups excluding tert-OH is 1. The Hall–Kier alpha value is -0.610. The Balaban J connectivity index is 2.52. The zero-order valence-electron chi connectivity index (χ0n) is 9.92. The number of hydrogen-bond acceptors (Lipinski definition) is 1. The Morgan fingerprint density at radius 3 is 2.53 bits per heavy atom. The molecule has 1 N–H and O–H groups in total. The van der Waals surface area contributed by atoms with Crippen LogP contribution in [-0.2, 0) is 0 Å². The van der Waals surface area contributed by atoms with Gasteiger partial charge >= 0.3 is 0 Å². The summed E-state index contributed by atoms with van der Waals surface area (Å²) in [5.74, 6) is -0.525. The van der Waals surface area contributed by atoms with Gasteiger partial charge in [0, 0.05) is 15.1 Å². The van der Waals surface area contributed by atoms with Crippen LogP contribution >= 0.6 is 39.1 Å². The molecular formula is C14H10BrCl2FO. The third-order valence-corrected chi connectivity index (χ3v) is 4.30. The van der Waals surface area contributed by atoms with Crippen molar-refractivity contribution in [1.29, 1.82) is 0 Å². The van der Waals surface area contributed by atoms with Crippen molar-refractivity contribution in [3.8, 4) is 0 Å². The molecular weight excluding hydrogens is 354 g/mol. The molecule has 1 nitrogen and oxygen atoms in total. The largest absolute Gasteiger partial charge is 0.384 e. The monoisotopic (exact) mass is 362 g/mol. The van der Waals surface area contributed by atoms with Gasteiger partial charge in [-0.2, -0.15) is 0 Å². The molecule has 19 heavy (non-hydrogen) atoms. The van der Waals surface area contributed by atoms with Crippen LogP contribution < -0.4 is 0 Å². The third kappa shape index (κ3) is 3.11. The minimum absolute atomic E-state index is 0.124. The number of halogens is 4. The van der Waals surface area contributed by atoms with Crippen molar-refractivity contribution >= 4 is 39.1 Å². The summed E-state index contributed by atoms with van der Waals surface area (Å²) in [6.45, 7) is 1.83. The van der Waals surface area contributed by atoms with Crippen LogP contribution in [0.15, 0.2) is 34.8 Å². The zero-order chi connectivity index (χ0) is 14.2. The van der Waals surface area contributed by atoms with E-state index < -0.39 is 11.9 Å². The fourth-order valence-corrected chi connectivity index (χ4v) is 2.49. The maximum absolute atomic E-state index is 13.9. The quantitative estimate of drug-likeness (QED) is 0.719. The van der Waals surface area contributed by atoms with Crippen molar-refractivity contribution in [3.05, 3.63) is 67.4 Å². The molecule has 0 saturated heterocycles. The Morgan fingerprint density at radius 1 is 1.16 bits per heavy atom. The Bertz CT molecular complexity index is 631. The van der Waals surface area contributed by atoms with Crippen molar-refractivity contribution in [3.63, 3.8) is 0 Å². The summed E-state index contributed by atoms with van der Waals surface area (Å²) in [7, 11) is 0. The van der Waals surface area contributed by atoms with Gasteiger partial charge in [-0.25, -0.2) is 4.39 Å². The molecule has 2 aromatic carbocycles. The van der Waals surface area contributed by atoms with Crippen LogP contribution in [0.2, 0.25) is 10.0 Å². The van der Waals surface area contributed by atoms with Crippen molar-refractivity contribution < 1.29 is 9.50 Å². The molecule has 0 bridgehead atoms. The van der Waals surface area contributed by atoms with Gasteiger partial charge in [0.05, 0.1) is 5.02 Å². The number of hydrogen-bond donors (Lipinski definition) is 1. The van der Waals surface area contributed by atoms with E-state index in [1.807, 2.05) is 6.92 Å². The summed E-state index contributed by atoms with van der Waals surface area (Å²) in [6, 6.07) is 7.76. The summed E-state index contributed by atoms with van der Waals surface area (Å²) >= 11 is 15.0. The van der Waals surface area contributed by atoms with Gasteiger partial charge in [0.1, 0.15) is 11.9 Å². The molecule has 0 saturated carbocycles. The van der Waals surface area contributed by atoms with E-state index in [0.29, 0.717) is 20.1 Å². The average molecular weight is 364 g/mol. The minimum atomic E-state index is -1.11. The normalized spacial score (nSPS) is 12.5. The summed E-state index contributed by atoms with van der Waals surface area (Å²) in [4.78, 5) is 0. The van der Waals surface area contributed by atoms with Gasteiger partial charge in [0.2, 0.25) is 0 Å². The SMILES string of the molecule is Cc1ccc(Cl)cc1C(O)c1cc(Cl)c(Br)cc1F. The van der Waals surface area contributed by atoms with E-state index in [1.165, 1.54) is 12.1 Å². The van der Waals surface area contributed by atoms with Gasteiger partial charge in [-0.15, -0.1) is 0 Å². The molecule has 0 radical (unpaired) electrons. The van der Waals surface area contributed by atoms with E-state index in [9.17, 15) is 9.50 Å². The van der Waals surface area contributed by atoms with E-state index >= 15 is 0 Å². The predicted octanol–water partition coefficient (Wildman–Crippen LogP) is 5.29. The number of benzene rings is 2. The molecule has 1 atom stereocenters. The highest BCUT2D eigenvalue weighted by atomic mass is 79.9. The van der Waals surface area contributed by atoms with Gasteiger partial charge in [0.25, 0.3) is 0 Å². The lowest BCUT2D eigenvalue weighted by molar-refractivity contribution is 0.214. The molecule has 0 aliphatic rings. The number of aryl methyl sites for hydroxylation is 1. The Labute approximate surface area is 129 Å². The second-order valence-electron chi connectivity index (χ2n) is 4.19.